The third kappa shape index (κ3) is 2.34. The molecular formula is C16H22N2O2. The van der Waals surface area contributed by atoms with Gasteiger partial charge in [0.1, 0.15) is 0 Å². The average molecular weight is 274 g/mol. The molecule has 0 radical (unpaired) electrons. The van der Waals surface area contributed by atoms with Crippen LogP contribution < -0.4 is 5.32 Å². The van der Waals surface area contributed by atoms with E-state index in [0.717, 1.165) is 38.0 Å². The Bertz CT molecular complexity index is 515. The second kappa shape index (κ2) is 5.54. The molecule has 0 aliphatic carbocycles. The lowest BCUT2D eigenvalue weighted by Gasteiger charge is -2.26. The third-order valence-electron chi connectivity index (χ3n) is 4.67. The maximum atomic E-state index is 12.6. The molecule has 0 saturated carbocycles. The van der Waals surface area contributed by atoms with Crippen LogP contribution in [0.5, 0.6) is 0 Å². The van der Waals surface area contributed by atoms with E-state index in [4.69, 9.17) is 0 Å². The van der Waals surface area contributed by atoms with Crippen LogP contribution >= 0.6 is 0 Å². The molecule has 0 bridgehead atoms. The Labute approximate surface area is 119 Å². The summed E-state index contributed by atoms with van der Waals surface area (Å²) in [5.41, 5.74) is 3.32. The highest BCUT2D eigenvalue weighted by molar-refractivity contribution is 5.95. The topological polar surface area (TPSA) is 52.6 Å². The van der Waals surface area contributed by atoms with E-state index in [1.807, 2.05) is 17.0 Å². The maximum Gasteiger partial charge on any atom is 0.254 e. The monoisotopic (exact) mass is 274 g/mol. The Morgan fingerprint density at radius 3 is 3.10 bits per heavy atom. The van der Waals surface area contributed by atoms with Gasteiger partial charge in [-0.15, -0.1) is 0 Å². The van der Waals surface area contributed by atoms with E-state index < -0.39 is 0 Å². The molecule has 1 fully saturated rings. The molecule has 3 rings (SSSR count). The highest BCUT2D eigenvalue weighted by Gasteiger charge is 2.34. The van der Waals surface area contributed by atoms with E-state index in [0.29, 0.717) is 5.92 Å². The van der Waals surface area contributed by atoms with Crippen LogP contribution in [-0.4, -0.2) is 41.7 Å². The molecule has 1 aromatic carbocycles. The fraction of sp³-hybridized carbons (Fsp3) is 0.562. The van der Waals surface area contributed by atoms with Crippen LogP contribution in [-0.2, 0) is 13.0 Å². The Hall–Kier alpha value is -1.39. The van der Waals surface area contributed by atoms with Crippen molar-refractivity contribution in [2.24, 2.45) is 5.92 Å². The molecule has 2 heterocycles. The van der Waals surface area contributed by atoms with E-state index in [2.05, 4.69) is 18.3 Å². The van der Waals surface area contributed by atoms with Crippen molar-refractivity contribution in [3.05, 3.63) is 34.9 Å². The van der Waals surface area contributed by atoms with Gasteiger partial charge in [0.05, 0.1) is 12.6 Å². The van der Waals surface area contributed by atoms with Gasteiger partial charge in [-0.1, -0.05) is 13.0 Å². The van der Waals surface area contributed by atoms with Crippen LogP contribution in [0.1, 0.15) is 34.8 Å². The first-order valence-corrected chi connectivity index (χ1v) is 7.45. The summed E-state index contributed by atoms with van der Waals surface area (Å²) in [6.07, 6.45) is 2.01. The number of carbonyl (C=O) groups is 1. The van der Waals surface area contributed by atoms with Crippen LogP contribution in [0.15, 0.2) is 18.2 Å². The van der Waals surface area contributed by atoms with Crippen molar-refractivity contribution in [3.63, 3.8) is 0 Å². The number of amides is 1. The van der Waals surface area contributed by atoms with Crippen LogP contribution in [0.4, 0.5) is 0 Å². The second-order valence-corrected chi connectivity index (χ2v) is 5.92. The van der Waals surface area contributed by atoms with E-state index >= 15 is 0 Å². The Morgan fingerprint density at radius 1 is 1.45 bits per heavy atom. The normalized spacial score (nSPS) is 25.6. The van der Waals surface area contributed by atoms with Crippen molar-refractivity contribution in [2.45, 2.75) is 32.4 Å². The van der Waals surface area contributed by atoms with Crippen LogP contribution in [0.2, 0.25) is 0 Å². The quantitative estimate of drug-likeness (QED) is 0.851. The molecule has 2 N–H and O–H groups in total. The fourth-order valence-corrected chi connectivity index (χ4v) is 3.32. The van der Waals surface area contributed by atoms with Gasteiger partial charge in [-0.05, 0) is 48.6 Å². The van der Waals surface area contributed by atoms with E-state index in [1.54, 1.807) is 0 Å². The highest BCUT2D eigenvalue weighted by atomic mass is 16.3. The molecule has 20 heavy (non-hydrogen) atoms. The number of benzene rings is 1. The van der Waals surface area contributed by atoms with Crippen LogP contribution in [0.3, 0.4) is 0 Å². The van der Waals surface area contributed by atoms with Crippen molar-refractivity contribution in [2.75, 3.05) is 19.7 Å². The number of nitrogens with one attached hydrogen (secondary N) is 1. The van der Waals surface area contributed by atoms with Crippen molar-refractivity contribution in [1.82, 2.24) is 10.2 Å². The standard InChI is InChI=1S/C16H22N2O2/c1-11-5-7-18(15(11)10-19)16(20)13-3-2-12-4-6-17-9-14(12)8-13/h2-3,8,11,15,17,19H,4-7,9-10H2,1H3. The van der Waals surface area contributed by atoms with E-state index in [1.165, 1.54) is 11.1 Å². The number of likely N-dealkylation sites (tertiary alicyclic amines) is 1. The molecule has 2 aliphatic heterocycles. The van der Waals surface area contributed by atoms with Gasteiger partial charge in [-0.3, -0.25) is 4.79 Å². The second-order valence-electron chi connectivity index (χ2n) is 5.92. The number of aliphatic hydroxyl groups is 1. The van der Waals surface area contributed by atoms with Gasteiger partial charge in [-0.25, -0.2) is 0 Å². The van der Waals surface area contributed by atoms with E-state index in [-0.39, 0.29) is 18.6 Å². The number of aliphatic hydroxyl groups excluding tert-OH is 1. The summed E-state index contributed by atoms with van der Waals surface area (Å²) in [6, 6.07) is 6.00. The summed E-state index contributed by atoms with van der Waals surface area (Å²) in [6.45, 7) is 4.76. The number of carbonyl (C=O) groups excluding carboxylic acids is 1. The molecule has 2 unspecified atom stereocenters. The van der Waals surface area contributed by atoms with Crippen molar-refractivity contribution in [1.29, 1.82) is 0 Å². The van der Waals surface area contributed by atoms with E-state index in [9.17, 15) is 9.90 Å². The Morgan fingerprint density at radius 2 is 2.30 bits per heavy atom. The van der Waals surface area contributed by atoms with Gasteiger partial charge in [0.15, 0.2) is 0 Å². The zero-order valence-corrected chi connectivity index (χ0v) is 11.9. The SMILES string of the molecule is CC1CCN(C(=O)c2ccc3c(c2)CNCC3)C1CO. The minimum atomic E-state index is -0.0309. The largest absolute Gasteiger partial charge is 0.394 e. The van der Waals surface area contributed by atoms with Crippen LogP contribution in [0, 0.1) is 5.92 Å². The maximum absolute atomic E-state index is 12.6. The van der Waals surface area contributed by atoms with Gasteiger partial charge in [0, 0.05) is 18.7 Å². The summed E-state index contributed by atoms with van der Waals surface area (Å²) in [7, 11) is 0. The first kappa shape index (κ1) is 13.6. The van der Waals surface area contributed by atoms with Crippen molar-refractivity contribution >= 4 is 5.91 Å². The first-order chi connectivity index (χ1) is 9.70. The number of hydrogen-bond donors (Lipinski definition) is 2. The van der Waals surface area contributed by atoms with Gasteiger partial charge < -0.3 is 15.3 Å². The number of fused-ring (bicyclic) bond motifs is 1. The lowest BCUT2D eigenvalue weighted by Crippen LogP contribution is -2.40. The number of rotatable bonds is 2. The summed E-state index contributed by atoms with van der Waals surface area (Å²) < 4.78 is 0. The van der Waals surface area contributed by atoms with Crippen molar-refractivity contribution in [3.8, 4) is 0 Å². The number of hydrogen-bond acceptors (Lipinski definition) is 3. The number of nitrogens with zero attached hydrogens (tertiary/aromatic N) is 1. The smallest absolute Gasteiger partial charge is 0.254 e. The fourth-order valence-electron chi connectivity index (χ4n) is 3.32. The predicted octanol–water partition coefficient (Wildman–Crippen LogP) is 1.18. The molecule has 0 spiro atoms. The predicted molar refractivity (Wildman–Crippen MR) is 77.5 cm³/mol. The molecule has 108 valence electrons. The first-order valence-electron chi connectivity index (χ1n) is 7.45. The molecule has 2 aliphatic rings. The molecule has 1 saturated heterocycles. The molecular weight excluding hydrogens is 252 g/mol. The Kier molecular flexibility index (Phi) is 3.76. The highest BCUT2D eigenvalue weighted by Crippen LogP contribution is 2.26. The lowest BCUT2D eigenvalue weighted by atomic mass is 9.98. The molecule has 4 nitrogen and oxygen atoms in total. The molecule has 1 amide bonds. The van der Waals surface area contributed by atoms with Gasteiger partial charge >= 0.3 is 0 Å². The molecule has 2 atom stereocenters. The zero-order valence-electron chi connectivity index (χ0n) is 11.9. The Balaban J connectivity index is 1.83. The van der Waals surface area contributed by atoms with Gasteiger partial charge in [0.25, 0.3) is 5.91 Å². The molecule has 1 aromatic rings. The average Bonchev–Trinajstić information content (AvgIpc) is 2.86. The zero-order chi connectivity index (χ0) is 14.1. The lowest BCUT2D eigenvalue weighted by molar-refractivity contribution is 0.0648. The summed E-state index contributed by atoms with van der Waals surface area (Å²) >= 11 is 0. The van der Waals surface area contributed by atoms with Gasteiger partial charge in [-0.2, -0.15) is 0 Å². The minimum absolute atomic E-state index is 0.0309. The summed E-state index contributed by atoms with van der Waals surface area (Å²) in [5, 5.41) is 12.8. The summed E-state index contributed by atoms with van der Waals surface area (Å²) in [4.78, 5) is 14.5. The van der Waals surface area contributed by atoms with Gasteiger partial charge in [0.2, 0.25) is 0 Å². The molecule has 0 aromatic heterocycles. The molecule has 4 heteroatoms. The minimum Gasteiger partial charge on any atom is -0.394 e. The summed E-state index contributed by atoms with van der Waals surface area (Å²) in [5.74, 6) is 0.435. The van der Waals surface area contributed by atoms with Crippen LogP contribution in [0.25, 0.3) is 0 Å². The van der Waals surface area contributed by atoms with Crippen molar-refractivity contribution < 1.29 is 9.90 Å². The third-order valence-corrected chi connectivity index (χ3v) is 4.67.